The van der Waals surface area contributed by atoms with Crippen LogP contribution >= 0.6 is 0 Å². The van der Waals surface area contributed by atoms with Crippen LogP contribution < -0.4 is 19.5 Å². The monoisotopic (exact) mass is 426 g/mol. The number of ether oxygens (including phenoxy) is 3. The Balaban J connectivity index is 1.42. The van der Waals surface area contributed by atoms with E-state index in [1.807, 2.05) is 30.3 Å². The molecule has 0 spiro atoms. The van der Waals surface area contributed by atoms with Crippen molar-refractivity contribution in [1.29, 1.82) is 0 Å². The maximum atomic E-state index is 12.4. The standard InChI is InChI=1S/C25H34N2O4/c1-29-22-10-6-20(7-11-22)18-27-14-4-5-19(17-27)8-13-25(28)26-16-21-9-12-23(30-2)15-24(21)31-3/h6-7,9-12,15,19H,4-5,8,13-14,16-18H2,1-3H3,(H,26,28)/t19-/m0/s1. The van der Waals surface area contributed by atoms with E-state index in [1.165, 1.54) is 18.4 Å². The van der Waals surface area contributed by atoms with Crippen molar-refractivity contribution < 1.29 is 19.0 Å². The quantitative estimate of drug-likeness (QED) is 0.622. The number of carbonyl (C=O) groups excluding carboxylic acids is 1. The second-order valence-corrected chi connectivity index (χ2v) is 8.08. The molecule has 0 bridgehead atoms. The minimum atomic E-state index is 0.0881. The summed E-state index contributed by atoms with van der Waals surface area (Å²) in [4.78, 5) is 14.9. The Morgan fingerprint density at radius 3 is 2.48 bits per heavy atom. The van der Waals surface area contributed by atoms with Gasteiger partial charge in [0.25, 0.3) is 0 Å². The van der Waals surface area contributed by atoms with Crippen molar-refractivity contribution in [1.82, 2.24) is 10.2 Å². The van der Waals surface area contributed by atoms with Gasteiger partial charge in [-0.2, -0.15) is 0 Å². The number of carbonyl (C=O) groups is 1. The average molecular weight is 427 g/mol. The number of hydrogen-bond acceptors (Lipinski definition) is 5. The SMILES string of the molecule is COc1ccc(CN2CCC[C@@H](CCC(=O)NCc3ccc(OC)cc3OC)C2)cc1. The van der Waals surface area contributed by atoms with Gasteiger partial charge in [-0.25, -0.2) is 0 Å². The number of benzene rings is 2. The number of rotatable bonds is 10. The maximum absolute atomic E-state index is 12.4. The third-order valence-corrected chi connectivity index (χ3v) is 5.92. The molecule has 31 heavy (non-hydrogen) atoms. The first-order valence-corrected chi connectivity index (χ1v) is 10.9. The van der Waals surface area contributed by atoms with Crippen molar-refractivity contribution in [2.75, 3.05) is 34.4 Å². The van der Waals surface area contributed by atoms with Crippen molar-refractivity contribution in [3.05, 3.63) is 53.6 Å². The summed E-state index contributed by atoms with van der Waals surface area (Å²) >= 11 is 0. The van der Waals surface area contributed by atoms with Crippen molar-refractivity contribution in [3.63, 3.8) is 0 Å². The number of amides is 1. The summed E-state index contributed by atoms with van der Waals surface area (Å²) in [5.74, 6) is 3.00. The van der Waals surface area contributed by atoms with Crippen molar-refractivity contribution in [2.45, 2.75) is 38.8 Å². The second-order valence-electron chi connectivity index (χ2n) is 8.08. The predicted molar refractivity (Wildman–Crippen MR) is 122 cm³/mol. The summed E-state index contributed by atoms with van der Waals surface area (Å²) < 4.78 is 15.9. The molecule has 6 nitrogen and oxygen atoms in total. The minimum absolute atomic E-state index is 0.0881. The number of piperidine rings is 1. The molecule has 6 heteroatoms. The first-order chi connectivity index (χ1) is 15.1. The first kappa shape index (κ1) is 22.9. The molecule has 1 saturated heterocycles. The summed E-state index contributed by atoms with van der Waals surface area (Å²) in [7, 11) is 4.94. The zero-order valence-corrected chi connectivity index (χ0v) is 18.9. The fourth-order valence-corrected chi connectivity index (χ4v) is 4.13. The number of likely N-dealkylation sites (tertiary alicyclic amines) is 1. The molecule has 3 rings (SSSR count). The second kappa shape index (κ2) is 11.6. The highest BCUT2D eigenvalue weighted by molar-refractivity contribution is 5.75. The normalized spacial score (nSPS) is 16.5. The van der Waals surface area contributed by atoms with Crippen LogP contribution in [0.1, 0.15) is 36.8 Å². The fraction of sp³-hybridized carbons (Fsp3) is 0.480. The highest BCUT2D eigenvalue weighted by Crippen LogP contribution is 2.25. The third-order valence-electron chi connectivity index (χ3n) is 5.92. The predicted octanol–water partition coefficient (Wildman–Crippen LogP) is 4.02. The van der Waals surface area contributed by atoms with E-state index in [4.69, 9.17) is 14.2 Å². The highest BCUT2D eigenvalue weighted by Gasteiger charge is 2.21. The molecule has 1 atom stereocenters. The zero-order valence-electron chi connectivity index (χ0n) is 18.9. The van der Waals surface area contributed by atoms with E-state index in [2.05, 4.69) is 22.3 Å². The largest absolute Gasteiger partial charge is 0.497 e. The molecule has 0 saturated carbocycles. The molecular weight excluding hydrogens is 392 g/mol. The van der Waals surface area contributed by atoms with Crippen LogP contribution in [-0.2, 0) is 17.9 Å². The number of hydrogen-bond donors (Lipinski definition) is 1. The molecule has 1 aliphatic heterocycles. The van der Waals surface area contributed by atoms with E-state index in [0.29, 0.717) is 18.9 Å². The Hall–Kier alpha value is -2.73. The van der Waals surface area contributed by atoms with E-state index in [-0.39, 0.29) is 5.91 Å². The third kappa shape index (κ3) is 6.89. The maximum Gasteiger partial charge on any atom is 0.220 e. The Morgan fingerprint density at radius 2 is 1.77 bits per heavy atom. The van der Waals surface area contributed by atoms with Gasteiger partial charge in [-0.1, -0.05) is 12.1 Å². The smallest absolute Gasteiger partial charge is 0.220 e. The molecular formula is C25H34N2O4. The van der Waals surface area contributed by atoms with Gasteiger partial charge >= 0.3 is 0 Å². The number of nitrogens with one attached hydrogen (secondary N) is 1. The van der Waals surface area contributed by atoms with Crippen LogP contribution in [-0.4, -0.2) is 45.2 Å². The van der Waals surface area contributed by atoms with Crippen LogP contribution in [0.25, 0.3) is 0 Å². The Kier molecular flexibility index (Phi) is 8.59. The van der Waals surface area contributed by atoms with E-state index >= 15 is 0 Å². The van der Waals surface area contributed by atoms with E-state index in [1.54, 1.807) is 21.3 Å². The van der Waals surface area contributed by atoms with Gasteiger partial charge < -0.3 is 19.5 Å². The van der Waals surface area contributed by atoms with Crippen LogP contribution in [0.4, 0.5) is 0 Å². The number of nitrogens with zero attached hydrogens (tertiary/aromatic N) is 1. The van der Waals surface area contributed by atoms with Crippen LogP contribution in [0, 0.1) is 5.92 Å². The molecule has 168 valence electrons. The van der Waals surface area contributed by atoms with Crippen LogP contribution in [0.15, 0.2) is 42.5 Å². The molecule has 1 N–H and O–H groups in total. The summed E-state index contributed by atoms with van der Waals surface area (Å²) in [5.41, 5.74) is 2.24. The molecule has 2 aromatic rings. The lowest BCUT2D eigenvalue weighted by Crippen LogP contribution is -2.35. The summed E-state index contributed by atoms with van der Waals surface area (Å²) in [6, 6.07) is 13.9. The zero-order chi connectivity index (χ0) is 22.1. The lowest BCUT2D eigenvalue weighted by molar-refractivity contribution is -0.121. The van der Waals surface area contributed by atoms with Gasteiger partial charge in [0, 0.05) is 37.7 Å². The van der Waals surface area contributed by atoms with Gasteiger partial charge in [0.1, 0.15) is 17.2 Å². The van der Waals surface area contributed by atoms with Crippen LogP contribution in [0.3, 0.4) is 0 Å². The topological polar surface area (TPSA) is 60.0 Å². The lowest BCUT2D eigenvalue weighted by Gasteiger charge is -2.32. The van der Waals surface area contributed by atoms with E-state index in [0.717, 1.165) is 48.9 Å². The molecule has 0 aliphatic carbocycles. The first-order valence-electron chi connectivity index (χ1n) is 10.9. The number of methoxy groups -OCH3 is 3. The molecule has 0 unspecified atom stereocenters. The molecule has 2 aromatic carbocycles. The van der Waals surface area contributed by atoms with E-state index < -0.39 is 0 Å². The van der Waals surface area contributed by atoms with Gasteiger partial charge in [0.05, 0.1) is 21.3 Å². The fourth-order valence-electron chi connectivity index (χ4n) is 4.13. The lowest BCUT2D eigenvalue weighted by atomic mass is 9.93. The minimum Gasteiger partial charge on any atom is -0.497 e. The Bertz CT molecular complexity index is 838. The molecule has 1 amide bonds. The van der Waals surface area contributed by atoms with Gasteiger partial charge in [0.2, 0.25) is 5.91 Å². The van der Waals surface area contributed by atoms with Crippen LogP contribution in [0.2, 0.25) is 0 Å². The molecule has 0 radical (unpaired) electrons. The molecule has 1 aliphatic rings. The van der Waals surface area contributed by atoms with Gasteiger partial charge in [-0.05, 0) is 61.6 Å². The van der Waals surface area contributed by atoms with Gasteiger partial charge in [-0.15, -0.1) is 0 Å². The van der Waals surface area contributed by atoms with Gasteiger partial charge in [-0.3, -0.25) is 9.69 Å². The molecule has 1 fully saturated rings. The molecule has 1 heterocycles. The van der Waals surface area contributed by atoms with Crippen LogP contribution in [0.5, 0.6) is 17.2 Å². The Labute approximate surface area is 185 Å². The highest BCUT2D eigenvalue weighted by atomic mass is 16.5. The van der Waals surface area contributed by atoms with Crippen molar-refractivity contribution >= 4 is 5.91 Å². The summed E-state index contributed by atoms with van der Waals surface area (Å²) in [6.45, 7) is 3.57. The Morgan fingerprint density at radius 1 is 1.03 bits per heavy atom. The van der Waals surface area contributed by atoms with Gasteiger partial charge in [0.15, 0.2) is 0 Å². The summed E-state index contributed by atoms with van der Waals surface area (Å²) in [6.07, 6.45) is 3.86. The van der Waals surface area contributed by atoms with Crippen molar-refractivity contribution in [3.8, 4) is 17.2 Å². The van der Waals surface area contributed by atoms with E-state index in [9.17, 15) is 4.79 Å². The summed E-state index contributed by atoms with van der Waals surface area (Å²) in [5, 5.41) is 3.03. The average Bonchev–Trinajstić information content (AvgIpc) is 2.82. The van der Waals surface area contributed by atoms with Crippen molar-refractivity contribution in [2.24, 2.45) is 5.92 Å². The molecule has 0 aromatic heterocycles.